The summed E-state index contributed by atoms with van der Waals surface area (Å²) < 4.78 is 5.45. The first-order valence-corrected chi connectivity index (χ1v) is 5.14. The van der Waals surface area contributed by atoms with Crippen LogP contribution in [0.3, 0.4) is 0 Å². The van der Waals surface area contributed by atoms with E-state index in [9.17, 15) is 0 Å². The first-order chi connectivity index (χ1) is 6.71. The highest BCUT2D eigenvalue weighted by Crippen LogP contribution is 2.27. The van der Waals surface area contributed by atoms with Gasteiger partial charge in [0.05, 0.1) is 12.1 Å². The van der Waals surface area contributed by atoms with Crippen LogP contribution < -0.4 is 5.73 Å². The average molecular weight is 191 g/mol. The molecule has 0 radical (unpaired) electrons. The molecule has 1 unspecified atom stereocenters. The van der Waals surface area contributed by atoms with E-state index in [1.54, 1.807) is 0 Å². The molecule has 1 aliphatic rings. The van der Waals surface area contributed by atoms with E-state index in [2.05, 4.69) is 31.2 Å². The van der Waals surface area contributed by atoms with Crippen LogP contribution in [0.1, 0.15) is 24.0 Å². The smallest absolute Gasteiger partial charge is 0.0688 e. The highest BCUT2D eigenvalue weighted by atomic mass is 16.5. The van der Waals surface area contributed by atoms with Gasteiger partial charge in [0, 0.05) is 6.61 Å². The standard InChI is InChI=1S/C12H17NO/c1-10-4-2-5-11(8-10)12(13)6-3-7-14-9-12/h2,4-5,8H,3,6-7,9,13H2,1H3. The number of hydrogen-bond donors (Lipinski definition) is 1. The number of ether oxygens (including phenoxy) is 1. The van der Waals surface area contributed by atoms with Crippen molar-refractivity contribution in [2.75, 3.05) is 13.2 Å². The maximum atomic E-state index is 6.32. The molecule has 0 saturated carbocycles. The van der Waals surface area contributed by atoms with Crippen LogP contribution in [-0.2, 0) is 10.3 Å². The van der Waals surface area contributed by atoms with Crippen molar-refractivity contribution in [3.63, 3.8) is 0 Å². The molecule has 1 aliphatic heterocycles. The predicted octanol–water partition coefficient (Wildman–Crippen LogP) is 1.96. The number of rotatable bonds is 1. The van der Waals surface area contributed by atoms with Gasteiger partial charge in [-0.3, -0.25) is 0 Å². The summed E-state index contributed by atoms with van der Waals surface area (Å²) in [6, 6.07) is 8.42. The zero-order chi connectivity index (χ0) is 10.0. The van der Waals surface area contributed by atoms with Gasteiger partial charge in [-0.15, -0.1) is 0 Å². The second-order valence-corrected chi connectivity index (χ2v) is 4.18. The van der Waals surface area contributed by atoms with E-state index in [0.29, 0.717) is 6.61 Å². The summed E-state index contributed by atoms with van der Waals surface area (Å²) in [5.74, 6) is 0. The molecule has 14 heavy (non-hydrogen) atoms. The summed E-state index contributed by atoms with van der Waals surface area (Å²) in [7, 11) is 0. The van der Waals surface area contributed by atoms with Gasteiger partial charge in [0.25, 0.3) is 0 Å². The molecule has 0 spiro atoms. The normalized spacial score (nSPS) is 27.6. The summed E-state index contributed by atoms with van der Waals surface area (Å²) in [4.78, 5) is 0. The Morgan fingerprint density at radius 2 is 2.29 bits per heavy atom. The molecule has 0 bridgehead atoms. The van der Waals surface area contributed by atoms with Crippen LogP contribution in [0.5, 0.6) is 0 Å². The molecule has 2 N–H and O–H groups in total. The van der Waals surface area contributed by atoms with Crippen molar-refractivity contribution in [2.45, 2.75) is 25.3 Å². The van der Waals surface area contributed by atoms with Crippen molar-refractivity contribution < 1.29 is 4.74 Å². The molecule has 1 heterocycles. The Balaban J connectivity index is 2.28. The first-order valence-electron chi connectivity index (χ1n) is 5.14. The number of benzene rings is 1. The van der Waals surface area contributed by atoms with E-state index in [1.165, 1.54) is 11.1 Å². The summed E-state index contributed by atoms with van der Waals surface area (Å²) in [6.07, 6.45) is 2.08. The van der Waals surface area contributed by atoms with Crippen LogP contribution in [-0.4, -0.2) is 13.2 Å². The molecule has 0 aromatic heterocycles. The maximum Gasteiger partial charge on any atom is 0.0688 e. The quantitative estimate of drug-likeness (QED) is 0.736. The van der Waals surface area contributed by atoms with Crippen molar-refractivity contribution in [1.29, 1.82) is 0 Å². The second kappa shape index (κ2) is 3.71. The lowest BCUT2D eigenvalue weighted by molar-refractivity contribution is 0.0366. The predicted molar refractivity (Wildman–Crippen MR) is 57.1 cm³/mol. The topological polar surface area (TPSA) is 35.2 Å². The molecule has 1 aromatic carbocycles. The third-order valence-corrected chi connectivity index (χ3v) is 2.86. The van der Waals surface area contributed by atoms with Crippen LogP contribution in [0.2, 0.25) is 0 Å². The third-order valence-electron chi connectivity index (χ3n) is 2.86. The van der Waals surface area contributed by atoms with Crippen molar-refractivity contribution in [2.24, 2.45) is 5.73 Å². The SMILES string of the molecule is Cc1cccc(C2(N)CCCOC2)c1. The highest BCUT2D eigenvalue weighted by Gasteiger charge is 2.29. The van der Waals surface area contributed by atoms with Crippen molar-refractivity contribution in [1.82, 2.24) is 0 Å². The third kappa shape index (κ3) is 1.81. The van der Waals surface area contributed by atoms with E-state index >= 15 is 0 Å². The number of aryl methyl sites for hydroxylation is 1. The largest absolute Gasteiger partial charge is 0.379 e. The fourth-order valence-corrected chi connectivity index (χ4v) is 2.00. The van der Waals surface area contributed by atoms with Crippen LogP contribution in [0, 0.1) is 6.92 Å². The minimum atomic E-state index is -0.260. The first kappa shape index (κ1) is 9.69. The zero-order valence-corrected chi connectivity index (χ0v) is 8.62. The second-order valence-electron chi connectivity index (χ2n) is 4.18. The molecule has 2 heteroatoms. The van der Waals surface area contributed by atoms with Gasteiger partial charge in [0.15, 0.2) is 0 Å². The molecule has 1 aromatic rings. The average Bonchev–Trinajstić information content (AvgIpc) is 2.19. The number of hydrogen-bond acceptors (Lipinski definition) is 2. The van der Waals surface area contributed by atoms with E-state index in [1.807, 2.05) is 0 Å². The molecular formula is C12H17NO. The van der Waals surface area contributed by atoms with Crippen LogP contribution in [0.15, 0.2) is 24.3 Å². The molecule has 76 valence electrons. The Hall–Kier alpha value is -0.860. The molecule has 0 amide bonds. The minimum Gasteiger partial charge on any atom is -0.379 e. The Morgan fingerprint density at radius 1 is 1.43 bits per heavy atom. The fourth-order valence-electron chi connectivity index (χ4n) is 2.00. The molecule has 2 rings (SSSR count). The van der Waals surface area contributed by atoms with Crippen molar-refractivity contribution in [3.8, 4) is 0 Å². The molecule has 1 atom stereocenters. The maximum absolute atomic E-state index is 6.32. The molecule has 2 nitrogen and oxygen atoms in total. The van der Waals surface area contributed by atoms with Crippen molar-refractivity contribution in [3.05, 3.63) is 35.4 Å². The highest BCUT2D eigenvalue weighted by molar-refractivity contribution is 5.29. The van der Waals surface area contributed by atoms with Gasteiger partial charge in [-0.25, -0.2) is 0 Å². The van der Waals surface area contributed by atoms with Gasteiger partial charge in [0.1, 0.15) is 0 Å². The van der Waals surface area contributed by atoms with Gasteiger partial charge in [-0.1, -0.05) is 29.8 Å². The summed E-state index contributed by atoms with van der Waals surface area (Å²) in [6.45, 7) is 3.60. The molecule has 1 saturated heterocycles. The lowest BCUT2D eigenvalue weighted by Crippen LogP contribution is -2.44. The van der Waals surface area contributed by atoms with Gasteiger partial charge < -0.3 is 10.5 Å². The Morgan fingerprint density at radius 3 is 2.93 bits per heavy atom. The van der Waals surface area contributed by atoms with Crippen molar-refractivity contribution >= 4 is 0 Å². The minimum absolute atomic E-state index is 0.260. The van der Waals surface area contributed by atoms with Gasteiger partial charge in [-0.05, 0) is 25.3 Å². The fraction of sp³-hybridized carbons (Fsp3) is 0.500. The van der Waals surface area contributed by atoms with E-state index in [4.69, 9.17) is 10.5 Å². The summed E-state index contributed by atoms with van der Waals surface area (Å²) >= 11 is 0. The summed E-state index contributed by atoms with van der Waals surface area (Å²) in [5, 5.41) is 0. The monoisotopic (exact) mass is 191 g/mol. The lowest BCUT2D eigenvalue weighted by Gasteiger charge is -2.33. The van der Waals surface area contributed by atoms with E-state index in [0.717, 1.165) is 19.4 Å². The van der Waals surface area contributed by atoms with Gasteiger partial charge >= 0.3 is 0 Å². The molecular weight excluding hydrogens is 174 g/mol. The molecule has 1 fully saturated rings. The van der Waals surface area contributed by atoms with Crippen LogP contribution in [0.4, 0.5) is 0 Å². The Labute approximate surface area is 85.1 Å². The van der Waals surface area contributed by atoms with E-state index < -0.39 is 0 Å². The van der Waals surface area contributed by atoms with Crippen LogP contribution in [0.25, 0.3) is 0 Å². The van der Waals surface area contributed by atoms with E-state index in [-0.39, 0.29) is 5.54 Å². The number of nitrogens with two attached hydrogens (primary N) is 1. The van der Waals surface area contributed by atoms with Gasteiger partial charge in [0.2, 0.25) is 0 Å². The van der Waals surface area contributed by atoms with Crippen LogP contribution >= 0.6 is 0 Å². The lowest BCUT2D eigenvalue weighted by atomic mass is 9.85. The molecule has 0 aliphatic carbocycles. The van der Waals surface area contributed by atoms with Gasteiger partial charge in [-0.2, -0.15) is 0 Å². The zero-order valence-electron chi connectivity index (χ0n) is 8.62. The Bertz CT molecular complexity index is 316. The summed E-state index contributed by atoms with van der Waals surface area (Å²) in [5.41, 5.74) is 8.53. The Kier molecular flexibility index (Phi) is 2.57.